The number of carbonyl (C=O) groups excluding carboxylic acids is 1. The fraction of sp³-hybridized carbons (Fsp3) is 0.294. The topological polar surface area (TPSA) is 60.5 Å². The second-order valence-corrected chi connectivity index (χ2v) is 5.21. The van der Waals surface area contributed by atoms with Crippen molar-refractivity contribution in [2.45, 2.75) is 19.3 Å². The molecule has 0 radical (unpaired) electrons. The van der Waals surface area contributed by atoms with Crippen LogP contribution in [0.4, 0.5) is 5.69 Å². The van der Waals surface area contributed by atoms with E-state index in [0.717, 1.165) is 18.6 Å². The SMILES string of the molecule is COc1ccc(NC(=O)COc2ccc3c(c2)CCC3)cn1. The first-order chi connectivity index (χ1) is 10.7. The summed E-state index contributed by atoms with van der Waals surface area (Å²) < 4.78 is 10.5. The number of carbonyl (C=O) groups is 1. The maximum Gasteiger partial charge on any atom is 0.262 e. The van der Waals surface area contributed by atoms with Crippen LogP contribution in [0.2, 0.25) is 0 Å². The van der Waals surface area contributed by atoms with E-state index >= 15 is 0 Å². The van der Waals surface area contributed by atoms with Gasteiger partial charge in [0.2, 0.25) is 5.88 Å². The van der Waals surface area contributed by atoms with E-state index in [2.05, 4.69) is 16.4 Å². The number of amides is 1. The molecule has 5 heteroatoms. The standard InChI is InChI=1S/C17H18N2O3/c1-21-17-8-6-14(10-18-17)19-16(20)11-22-15-7-5-12-3-2-4-13(12)9-15/h5-10H,2-4,11H2,1H3,(H,19,20). The molecule has 1 aliphatic rings. The summed E-state index contributed by atoms with van der Waals surface area (Å²) in [6.45, 7) is -0.0230. The molecule has 0 bridgehead atoms. The molecule has 5 nitrogen and oxygen atoms in total. The number of nitrogens with one attached hydrogen (secondary N) is 1. The van der Waals surface area contributed by atoms with Gasteiger partial charge in [0.15, 0.2) is 6.61 Å². The highest BCUT2D eigenvalue weighted by atomic mass is 16.5. The van der Waals surface area contributed by atoms with Gasteiger partial charge < -0.3 is 14.8 Å². The number of hydrogen-bond acceptors (Lipinski definition) is 4. The van der Waals surface area contributed by atoms with E-state index in [-0.39, 0.29) is 12.5 Å². The number of anilines is 1. The number of ether oxygens (including phenoxy) is 2. The van der Waals surface area contributed by atoms with E-state index in [1.807, 2.05) is 12.1 Å². The second-order valence-electron chi connectivity index (χ2n) is 5.21. The molecule has 0 spiro atoms. The minimum Gasteiger partial charge on any atom is -0.484 e. The molecule has 1 amide bonds. The van der Waals surface area contributed by atoms with Crippen molar-refractivity contribution < 1.29 is 14.3 Å². The van der Waals surface area contributed by atoms with Crippen LogP contribution in [0.25, 0.3) is 0 Å². The number of fused-ring (bicyclic) bond motifs is 1. The Bertz CT molecular complexity index is 668. The van der Waals surface area contributed by atoms with Crippen molar-refractivity contribution in [1.82, 2.24) is 4.98 Å². The molecule has 2 aromatic rings. The first-order valence-corrected chi connectivity index (χ1v) is 7.29. The van der Waals surface area contributed by atoms with Gasteiger partial charge in [0.1, 0.15) is 5.75 Å². The maximum absolute atomic E-state index is 11.9. The van der Waals surface area contributed by atoms with Crippen LogP contribution in [0.15, 0.2) is 36.5 Å². The molecule has 0 saturated carbocycles. The van der Waals surface area contributed by atoms with Crippen LogP contribution in [0.5, 0.6) is 11.6 Å². The third-order valence-corrected chi connectivity index (χ3v) is 3.67. The summed E-state index contributed by atoms with van der Waals surface area (Å²) in [4.78, 5) is 15.9. The average molecular weight is 298 g/mol. The van der Waals surface area contributed by atoms with Gasteiger partial charge in [-0.2, -0.15) is 0 Å². The van der Waals surface area contributed by atoms with E-state index in [9.17, 15) is 4.79 Å². The summed E-state index contributed by atoms with van der Waals surface area (Å²) in [5.41, 5.74) is 3.33. The number of nitrogens with zero attached hydrogens (tertiary/aromatic N) is 1. The minimum absolute atomic E-state index is 0.0230. The molecule has 0 atom stereocenters. The molecular weight excluding hydrogens is 280 g/mol. The zero-order chi connectivity index (χ0) is 15.4. The Hall–Kier alpha value is -2.56. The lowest BCUT2D eigenvalue weighted by Crippen LogP contribution is -2.20. The lowest BCUT2D eigenvalue weighted by atomic mass is 10.1. The molecule has 1 aromatic heterocycles. The number of rotatable bonds is 5. The molecule has 1 N–H and O–H groups in total. The Kier molecular flexibility index (Phi) is 4.23. The zero-order valence-corrected chi connectivity index (χ0v) is 12.5. The number of methoxy groups -OCH3 is 1. The van der Waals surface area contributed by atoms with Crippen molar-refractivity contribution in [2.24, 2.45) is 0 Å². The Morgan fingerprint density at radius 1 is 1.23 bits per heavy atom. The first kappa shape index (κ1) is 14.4. The monoisotopic (exact) mass is 298 g/mol. The third kappa shape index (κ3) is 3.36. The quantitative estimate of drug-likeness (QED) is 0.921. The highest BCUT2D eigenvalue weighted by molar-refractivity contribution is 5.91. The predicted molar refractivity (Wildman–Crippen MR) is 83.4 cm³/mol. The minimum atomic E-state index is -0.215. The van der Waals surface area contributed by atoms with Gasteiger partial charge in [0.25, 0.3) is 5.91 Å². The van der Waals surface area contributed by atoms with E-state index in [4.69, 9.17) is 9.47 Å². The van der Waals surface area contributed by atoms with Crippen molar-refractivity contribution in [3.8, 4) is 11.6 Å². The summed E-state index contributed by atoms with van der Waals surface area (Å²) in [7, 11) is 1.55. The zero-order valence-electron chi connectivity index (χ0n) is 12.5. The van der Waals surface area contributed by atoms with Crippen molar-refractivity contribution in [2.75, 3.05) is 19.0 Å². The van der Waals surface area contributed by atoms with Gasteiger partial charge in [-0.15, -0.1) is 0 Å². The van der Waals surface area contributed by atoms with Crippen LogP contribution >= 0.6 is 0 Å². The number of aryl methyl sites for hydroxylation is 2. The number of aromatic nitrogens is 1. The molecule has 1 aliphatic carbocycles. The summed E-state index contributed by atoms with van der Waals surface area (Å²) in [6.07, 6.45) is 4.98. The summed E-state index contributed by atoms with van der Waals surface area (Å²) >= 11 is 0. The van der Waals surface area contributed by atoms with E-state index < -0.39 is 0 Å². The van der Waals surface area contributed by atoms with Gasteiger partial charge in [-0.25, -0.2) is 4.98 Å². The molecule has 1 aromatic carbocycles. The Labute approximate surface area is 129 Å². The second kappa shape index (κ2) is 6.47. The normalized spacial score (nSPS) is 12.6. The van der Waals surface area contributed by atoms with E-state index in [0.29, 0.717) is 11.6 Å². The smallest absolute Gasteiger partial charge is 0.262 e. The van der Waals surface area contributed by atoms with Crippen LogP contribution in [0.1, 0.15) is 17.5 Å². The van der Waals surface area contributed by atoms with Crippen LogP contribution < -0.4 is 14.8 Å². The van der Waals surface area contributed by atoms with Crippen molar-refractivity contribution in [3.63, 3.8) is 0 Å². The number of pyridine rings is 1. The van der Waals surface area contributed by atoms with Gasteiger partial charge >= 0.3 is 0 Å². The fourth-order valence-corrected chi connectivity index (χ4v) is 2.56. The Morgan fingerprint density at radius 3 is 2.86 bits per heavy atom. The molecule has 0 aliphatic heterocycles. The Balaban J connectivity index is 1.53. The van der Waals surface area contributed by atoms with Gasteiger partial charge in [0, 0.05) is 6.07 Å². The number of benzene rings is 1. The maximum atomic E-state index is 11.9. The predicted octanol–water partition coefficient (Wildman–Crippen LogP) is 2.60. The van der Waals surface area contributed by atoms with Gasteiger partial charge in [-0.3, -0.25) is 4.79 Å². The lowest BCUT2D eigenvalue weighted by Gasteiger charge is -2.09. The molecule has 1 heterocycles. The van der Waals surface area contributed by atoms with Gasteiger partial charge in [-0.1, -0.05) is 6.07 Å². The summed E-state index contributed by atoms with van der Waals surface area (Å²) in [6, 6.07) is 9.47. The molecule has 22 heavy (non-hydrogen) atoms. The molecular formula is C17H18N2O3. The number of hydrogen-bond donors (Lipinski definition) is 1. The van der Waals surface area contributed by atoms with E-state index in [1.165, 1.54) is 17.5 Å². The molecule has 3 rings (SSSR count). The van der Waals surface area contributed by atoms with Crippen molar-refractivity contribution >= 4 is 11.6 Å². The van der Waals surface area contributed by atoms with Gasteiger partial charge in [-0.05, 0) is 48.6 Å². The third-order valence-electron chi connectivity index (χ3n) is 3.67. The van der Waals surface area contributed by atoms with Crippen LogP contribution in [-0.2, 0) is 17.6 Å². The lowest BCUT2D eigenvalue weighted by molar-refractivity contribution is -0.118. The highest BCUT2D eigenvalue weighted by Crippen LogP contribution is 2.26. The van der Waals surface area contributed by atoms with Crippen molar-refractivity contribution in [3.05, 3.63) is 47.7 Å². The first-order valence-electron chi connectivity index (χ1n) is 7.29. The molecule has 0 fully saturated rings. The van der Waals surface area contributed by atoms with Crippen molar-refractivity contribution in [1.29, 1.82) is 0 Å². The van der Waals surface area contributed by atoms with Gasteiger partial charge in [0.05, 0.1) is 19.0 Å². The van der Waals surface area contributed by atoms with Crippen LogP contribution in [0, 0.1) is 0 Å². The highest BCUT2D eigenvalue weighted by Gasteiger charge is 2.12. The van der Waals surface area contributed by atoms with E-state index in [1.54, 1.807) is 25.4 Å². The molecule has 114 valence electrons. The summed E-state index contributed by atoms with van der Waals surface area (Å²) in [5.74, 6) is 1.03. The van der Waals surface area contributed by atoms with Crippen LogP contribution in [0.3, 0.4) is 0 Å². The van der Waals surface area contributed by atoms with Crippen LogP contribution in [-0.4, -0.2) is 24.6 Å². The molecule has 0 saturated heterocycles. The molecule has 0 unspecified atom stereocenters. The summed E-state index contributed by atoms with van der Waals surface area (Å²) in [5, 5.41) is 2.73. The largest absolute Gasteiger partial charge is 0.484 e. The Morgan fingerprint density at radius 2 is 2.09 bits per heavy atom. The average Bonchev–Trinajstić information content (AvgIpc) is 3.01. The fourth-order valence-electron chi connectivity index (χ4n) is 2.56.